The van der Waals surface area contributed by atoms with Gasteiger partial charge in [0.15, 0.2) is 0 Å². The minimum Gasteiger partial charge on any atom is -0.343 e. The van der Waals surface area contributed by atoms with Crippen molar-refractivity contribution in [2.45, 2.75) is 36.4 Å². The molecule has 3 aromatic carbocycles. The SMILES string of the molecule is N#Cc1ccc(S(=O)(=O)N(Cc2ccc(C(=O)NC3(c4cccc(C#N)c4)CC3)cc2)Cc2ccccn2)cc1. The van der Waals surface area contributed by atoms with E-state index in [4.69, 9.17) is 5.26 Å². The molecule has 0 radical (unpaired) electrons. The summed E-state index contributed by atoms with van der Waals surface area (Å²) in [6.45, 7) is 0.112. The van der Waals surface area contributed by atoms with Crippen molar-refractivity contribution >= 4 is 15.9 Å². The molecule has 1 amide bonds. The van der Waals surface area contributed by atoms with Gasteiger partial charge in [-0.25, -0.2) is 8.42 Å². The molecule has 8 nitrogen and oxygen atoms in total. The average Bonchev–Trinajstić information content (AvgIpc) is 3.78. The number of benzene rings is 3. The number of carbonyl (C=O) groups is 1. The fourth-order valence-electron chi connectivity index (χ4n) is 4.50. The second kappa shape index (κ2) is 11.1. The van der Waals surface area contributed by atoms with Gasteiger partial charge in [-0.15, -0.1) is 0 Å². The number of nitriles is 2. The maximum atomic E-state index is 13.6. The first-order chi connectivity index (χ1) is 19.3. The Morgan fingerprint density at radius 1 is 0.875 bits per heavy atom. The first-order valence-electron chi connectivity index (χ1n) is 12.7. The fraction of sp³-hybridized carbons (Fsp3) is 0.161. The van der Waals surface area contributed by atoms with Crippen molar-refractivity contribution in [1.82, 2.24) is 14.6 Å². The van der Waals surface area contributed by atoms with Crippen LogP contribution < -0.4 is 5.32 Å². The third kappa shape index (κ3) is 5.76. The molecule has 1 aliphatic rings. The molecule has 1 aromatic heterocycles. The van der Waals surface area contributed by atoms with E-state index in [-0.39, 0.29) is 23.9 Å². The van der Waals surface area contributed by atoms with Crippen LogP contribution in [0.1, 0.15) is 51.1 Å². The van der Waals surface area contributed by atoms with Crippen molar-refractivity contribution < 1.29 is 13.2 Å². The Balaban J connectivity index is 1.35. The van der Waals surface area contributed by atoms with Gasteiger partial charge in [0.05, 0.1) is 45.9 Å². The van der Waals surface area contributed by atoms with Crippen molar-refractivity contribution in [3.63, 3.8) is 0 Å². The maximum Gasteiger partial charge on any atom is 0.251 e. The topological polar surface area (TPSA) is 127 Å². The zero-order valence-electron chi connectivity index (χ0n) is 21.5. The maximum absolute atomic E-state index is 13.6. The number of pyridine rings is 1. The highest BCUT2D eigenvalue weighted by atomic mass is 32.2. The van der Waals surface area contributed by atoms with Gasteiger partial charge in [0.25, 0.3) is 5.91 Å². The Kier molecular flexibility index (Phi) is 7.43. The van der Waals surface area contributed by atoms with Gasteiger partial charge in [0.2, 0.25) is 10.0 Å². The van der Waals surface area contributed by atoms with Crippen molar-refractivity contribution in [3.05, 3.63) is 131 Å². The number of sulfonamides is 1. The van der Waals surface area contributed by atoms with Gasteiger partial charge in [-0.3, -0.25) is 9.78 Å². The number of nitrogens with zero attached hydrogens (tertiary/aromatic N) is 4. The van der Waals surface area contributed by atoms with Crippen LogP contribution in [0.4, 0.5) is 0 Å². The normalized spacial score (nSPS) is 13.7. The summed E-state index contributed by atoms with van der Waals surface area (Å²) in [6.07, 6.45) is 3.20. The summed E-state index contributed by atoms with van der Waals surface area (Å²) in [4.78, 5) is 17.5. The lowest BCUT2D eigenvalue weighted by molar-refractivity contribution is 0.0930. The average molecular weight is 548 g/mol. The number of hydrogen-bond acceptors (Lipinski definition) is 6. The lowest BCUT2D eigenvalue weighted by Crippen LogP contribution is -2.35. The minimum absolute atomic E-state index is 0.0513. The van der Waals surface area contributed by atoms with Gasteiger partial charge >= 0.3 is 0 Å². The lowest BCUT2D eigenvalue weighted by atomic mass is 10.0. The zero-order chi connectivity index (χ0) is 28.2. The predicted octanol–water partition coefficient (Wildman–Crippen LogP) is 4.64. The summed E-state index contributed by atoms with van der Waals surface area (Å²) in [7, 11) is -3.92. The highest BCUT2D eigenvalue weighted by molar-refractivity contribution is 7.89. The van der Waals surface area contributed by atoms with Crippen LogP contribution >= 0.6 is 0 Å². The predicted molar refractivity (Wildman–Crippen MR) is 148 cm³/mol. The third-order valence-corrected chi connectivity index (χ3v) is 8.71. The Hall–Kier alpha value is -4.83. The van der Waals surface area contributed by atoms with E-state index in [9.17, 15) is 18.5 Å². The van der Waals surface area contributed by atoms with Gasteiger partial charge in [-0.05, 0) is 84.6 Å². The second-order valence-electron chi connectivity index (χ2n) is 9.66. The monoisotopic (exact) mass is 547 g/mol. The molecule has 0 unspecified atom stereocenters. The van der Waals surface area contributed by atoms with E-state index in [2.05, 4.69) is 16.4 Å². The highest BCUT2D eigenvalue weighted by Crippen LogP contribution is 2.45. The van der Waals surface area contributed by atoms with E-state index in [1.54, 1.807) is 60.8 Å². The van der Waals surface area contributed by atoms with Crippen molar-refractivity contribution in [3.8, 4) is 12.1 Å². The van der Waals surface area contributed by atoms with Crippen molar-refractivity contribution in [2.75, 3.05) is 0 Å². The number of aromatic nitrogens is 1. The first-order valence-corrected chi connectivity index (χ1v) is 14.1. The molecular weight excluding hydrogens is 522 g/mol. The van der Waals surface area contributed by atoms with Gasteiger partial charge in [0, 0.05) is 18.3 Å². The lowest BCUT2D eigenvalue weighted by Gasteiger charge is -2.22. The summed E-state index contributed by atoms with van der Waals surface area (Å²) in [6, 6.07) is 29.4. The Morgan fingerprint density at radius 3 is 2.23 bits per heavy atom. The van der Waals surface area contributed by atoms with E-state index in [0.717, 1.165) is 18.4 Å². The molecule has 1 N–H and O–H groups in total. The number of rotatable bonds is 9. The summed E-state index contributed by atoms with van der Waals surface area (Å²) < 4.78 is 28.5. The molecule has 0 atom stereocenters. The molecule has 9 heteroatoms. The van der Waals surface area contributed by atoms with E-state index in [1.807, 2.05) is 18.2 Å². The molecule has 1 fully saturated rings. The first kappa shape index (κ1) is 26.8. The minimum atomic E-state index is -3.92. The smallest absolute Gasteiger partial charge is 0.251 e. The van der Waals surface area contributed by atoms with E-state index >= 15 is 0 Å². The second-order valence-corrected chi connectivity index (χ2v) is 11.6. The van der Waals surface area contributed by atoms with Crippen LogP contribution in [0.15, 0.2) is 102 Å². The van der Waals surface area contributed by atoms with Crippen molar-refractivity contribution in [1.29, 1.82) is 10.5 Å². The molecule has 5 rings (SSSR count). The zero-order valence-corrected chi connectivity index (χ0v) is 22.3. The van der Waals surface area contributed by atoms with E-state index in [0.29, 0.717) is 27.9 Å². The van der Waals surface area contributed by atoms with Gasteiger partial charge in [-0.1, -0.05) is 30.3 Å². The summed E-state index contributed by atoms with van der Waals surface area (Å²) in [5.41, 5.74) is 3.10. The Morgan fingerprint density at radius 2 is 1.60 bits per heavy atom. The van der Waals surface area contributed by atoms with Gasteiger partial charge in [-0.2, -0.15) is 14.8 Å². The van der Waals surface area contributed by atoms with E-state index < -0.39 is 15.6 Å². The van der Waals surface area contributed by atoms with E-state index in [1.165, 1.54) is 28.6 Å². The van der Waals surface area contributed by atoms with Crippen LogP contribution in [0.5, 0.6) is 0 Å². The molecule has 0 saturated heterocycles. The molecule has 1 aliphatic carbocycles. The van der Waals surface area contributed by atoms with Gasteiger partial charge < -0.3 is 5.32 Å². The fourth-order valence-corrected chi connectivity index (χ4v) is 5.90. The molecule has 4 aromatic rings. The molecular formula is C31H25N5O3S. The standard InChI is InChI=1S/C31H25N5O3S/c32-19-23-9-13-29(14-10-23)40(38,39)36(22-28-6-1-2-17-34-28)21-24-7-11-26(12-8-24)30(37)35-31(15-16-31)27-5-3-4-25(18-27)20-33/h1-14,17-18H,15-16,21-22H2,(H,35,37). The Bertz CT molecular complexity index is 1720. The molecule has 40 heavy (non-hydrogen) atoms. The highest BCUT2D eigenvalue weighted by Gasteiger charge is 2.45. The van der Waals surface area contributed by atoms with Crippen LogP contribution in [-0.4, -0.2) is 23.6 Å². The third-order valence-electron chi connectivity index (χ3n) is 6.91. The Labute approximate surface area is 233 Å². The summed E-state index contributed by atoms with van der Waals surface area (Å²) >= 11 is 0. The molecule has 1 saturated carbocycles. The van der Waals surface area contributed by atoms with Crippen LogP contribution in [0.3, 0.4) is 0 Å². The number of hydrogen-bond donors (Lipinski definition) is 1. The number of amides is 1. The van der Waals surface area contributed by atoms with Crippen LogP contribution in [0, 0.1) is 22.7 Å². The molecule has 1 heterocycles. The van der Waals surface area contributed by atoms with Gasteiger partial charge in [0.1, 0.15) is 0 Å². The largest absolute Gasteiger partial charge is 0.343 e. The van der Waals surface area contributed by atoms with Crippen molar-refractivity contribution in [2.24, 2.45) is 0 Å². The molecule has 0 aliphatic heterocycles. The summed E-state index contributed by atoms with van der Waals surface area (Å²) in [5, 5.41) is 21.4. The van der Waals surface area contributed by atoms with Crippen LogP contribution in [0.2, 0.25) is 0 Å². The number of carbonyl (C=O) groups excluding carboxylic acids is 1. The van der Waals surface area contributed by atoms with Crippen LogP contribution in [0.25, 0.3) is 0 Å². The number of nitrogens with one attached hydrogen (secondary N) is 1. The molecule has 0 bridgehead atoms. The quantitative estimate of drug-likeness (QED) is 0.325. The summed E-state index contributed by atoms with van der Waals surface area (Å²) in [5.74, 6) is -0.234. The van der Waals surface area contributed by atoms with Crippen LogP contribution in [-0.2, 0) is 28.7 Å². The molecule has 0 spiro atoms. The molecule has 198 valence electrons.